The summed E-state index contributed by atoms with van der Waals surface area (Å²) in [6.45, 7) is 2.60. The summed E-state index contributed by atoms with van der Waals surface area (Å²) in [6.07, 6.45) is 1.78. The smallest absolute Gasteiger partial charge is 0.253 e. The molecule has 0 bridgehead atoms. The van der Waals surface area contributed by atoms with Crippen LogP contribution >= 0.6 is 27.5 Å². The number of rotatable bonds is 4. The van der Waals surface area contributed by atoms with Gasteiger partial charge in [0.1, 0.15) is 5.82 Å². The second-order valence-electron chi connectivity index (χ2n) is 6.27. The lowest BCUT2D eigenvalue weighted by Crippen LogP contribution is -2.44. The number of piperidine rings is 1. The molecular formula is C19H19BrClFN2O. The van der Waals surface area contributed by atoms with Crippen molar-refractivity contribution >= 4 is 33.4 Å². The van der Waals surface area contributed by atoms with E-state index in [0.29, 0.717) is 10.6 Å². The fourth-order valence-electron chi connectivity index (χ4n) is 3.02. The molecule has 3 rings (SSSR count). The quantitative estimate of drug-likeness (QED) is 0.774. The molecule has 1 heterocycles. The first kappa shape index (κ1) is 18.4. The van der Waals surface area contributed by atoms with Crippen LogP contribution in [0, 0.1) is 5.82 Å². The lowest BCUT2D eigenvalue weighted by molar-refractivity contribution is 0.0909. The molecule has 132 valence electrons. The van der Waals surface area contributed by atoms with E-state index in [1.807, 2.05) is 18.2 Å². The van der Waals surface area contributed by atoms with Crippen molar-refractivity contribution in [2.45, 2.75) is 25.4 Å². The van der Waals surface area contributed by atoms with Gasteiger partial charge in [-0.2, -0.15) is 0 Å². The molecule has 0 aromatic heterocycles. The van der Waals surface area contributed by atoms with Crippen molar-refractivity contribution in [3.8, 4) is 0 Å². The van der Waals surface area contributed by atoms with Crippen LogP contribution in [-0.2, 0) is 6.54 Å². The van der Waals surface area contributed by atoms with Gasteiger partial charge in [-0.1, -0.05) is 39.7 Å². The maximum atomic E-state index is 13.0. The number of hydrogen-bond donors (Lipinski definition) is 1. The number of carbonyl (C=O) groups excluding carboxylic acids is 1. The van der Waals surface area contributed by atoms with Crippen molar-refractivity contribution in [3.05, 3.63) is 68.9 Å². The van der Waals surface area contributed by atoms with Crippen LogP contribution in [0.4, 0.5) is 4.39 Å². The van der Waals surface area contributed by atoms with Crippen LogP contribution in [-0.4, -0.2) is 29.9 Å². The third-order valence-corrected chi connectivity index (χ3v) is 5.22. The van der Waals surface area contributed by atoms with Crippen molar-refractivity contribution in [2.24, 2.45) is 0 Å². The number of carbonyl (C=O) groups is 1. The maximum absolute atomic E-state index is 13.0. The van der Waals surface area contributed by atoms with Crippen molar-refractivity contribution in [2.75, 3.05) is 13.1 Å². The lowest BCUT2D eigenvalue weighted by Gasteiger charge is -2.32. The Labute approximate surface area is 160 Å². The minimum absolute atomic E-state index is 0.130. The van der Waals surface area contributed by atoms with Gasteiger partial charge in [0.2, 0.25) is 0 Å². The second kappa shape index (κ2) is 8.30. The number of amides is 1. The molecule has 1 saturated heterocycles. The summed E-state index contributed by atoms with van der Waals surface area (Å²) in [6, 6.07) is 12.0. The molecule has 0 spiro atoms. The van der Waals surface area contributed by atoms with E-state index in [4.69, 9.17) is 11.6 Å². The molecule has 1 aliphatic heterocycles. The van der Waals surface area contributed by atoms with Crippen molar-refractivity contribution in [1.82, 2.24) is 10.2 Å². The minimum Gasteiger partial charge on any atom is -0.349 e. The van der Waals surface area contributed by atoms with Gasteiger partial charge in [0.05, 0.1) is 10.6 Å². The Morgan fingerprint density at radius 3 is 2.52 bits per heavy atom. The SMILES string of the molecule is O=C(NC1CCN(Cc2ccc(F)cc2)CC1)c1ccc(Br)cc1Cl. The van der Waals surface area contributed by atoms with E-state index in [1.165, 1.54) is 12.1 Å². The molecule has 0 radical (unpaired) electrons. The number of halogens is 3. The number of hydrogen-bond acceptors (Lipinski definition) is 2. The molecule has 0 atom stereocenters. The molecule has 1 N–H and O–H groups in total. The van der Waals surface area contributed by atoms with Gasteiger partial charge in [0, 0.05) is 30.1 Å². The normalized spacial score (nSPS) is 16.0. The van der Waals surface area contributed by atoms with Crippen LogP contribution in [0.2, 0.25) is 5.02 Å². The highest BCUT2D eigenvalue weighted by Crippen LogP contribution is 2.22. The summed E-state index contributed by atoms with van der Waals surface area (Å²) >= 11 is 9.48. The standard InChI is InChI=1S/C19H19BrClFN2O/c20-14-3-6-17(18(21)11-14)19(25)23-16-7-9-24(10-8-16)12-13-1-4-15(22)5-2-13/h1-6,11,16H,7-10,12H2,(H,23,25). The minimum atomic E-state index is -0.211. The fourth-order valence-corrected chi connectivity index (χ4v) is 3.78. The highest BCUT2D eigenvalue weighted by molar-refractivity contribution is 9.10. The van der Waals surface area contributed by atoms with E-state index in [0.717, 1.165) is 42.5 Å². The molecule has 0 unspecified atom stereocenters. The third-order valence-electron chi connectivity index (χ3n) is 4.42. The van der Waals surface area contributed by atoms with Crippen LogP contribution in [0.3, 0.4) is 0 Å². The molecule has 1 amide bonds. The Balaban J connectivity index is 1.50. The largest absolute Gasteiger partial charge is 0.349 e. The van der Waals surface area contributed by atoms with Crippen LogP contribution in [0.5, 0.6) is 0 Å². The highest BCUT2D eigenvalue weighted by atomic mass is 79.9. The zero-order valence-electron chi connectivity index (χ0n) is 13.6. The first-order valence-electron chi connectivity index (χ1n) is 8.24. The molecule has 3 nitrogen and oxygen atoms in total. The van der Waals surface area contributed by atoms with Crippen LogP contribution in [0.1, 0.15) is 28.8 Å². The Morgan fingerprint density at radius 2 is 1.88 bits per heavy atom. The van der Waals surface area contributed by atoms with Crippen molar-refractivity contribution in [1.29, 1.82) is 0 Å². The van der Waals surface area contributed by atoms with Gasteiger partial charge in [-0.3, -0.25) is 9.69 Å². The first-order chi connectivity index (χ1) is 12.0. The predicted octanol–water partition coefficient (Wildman–Crippen LogP) is 4.64. The molecule has 1 fully saturated rings. The topological polar surface area (TPSA) is 32.3 Å². The summed E-state index contributed by atoms with van der Waals surface area (Å²) in [4.78, 5) is 14.7. The summed E-state index contributed by atoms with van der Waals surface area (Å²) < 4.78 is 13.8. The molecule has 2 aromatic rings. The van der Waals surface area contributed by atoms with Gasteiger partial charge in [0.25, 0.3) is 5.91 Å². The van der Waals surface area contributed by atoms with Gasteiger partial charge in [0.15, 0.2) is 0 Å². The average molecular weight is 426 g/mol. The fraction of sp³-hybridized carbons (Fsp3) is 0.316. The van der Waals surface area contributed by atoms with E-state index in [1.54, 1.807) is 12.1 Å². The first-order valence-corrected chi connectivity index (χ1v) is 9.41. The molecule has 6 heteroatoms. The summed E-state index contributed by atoms with van der Waals surface area (Å²) in [5.41, 5.74) is 1.60. The molecular weight excluding hydrogens is 407 g/mol. The zero-order valence-corrected chi connectivity index (χ0v) is 16.0. The zero-order chi connectivity index (χ0) is 17.8. The molecule has 2 aromatic carbocycles. The van der Waals surface area contributed by atoms with Crippen molar-refractivity contribution < 1.29 is 9.18 Å². The number of nitrogens with zero attached hydrogens (tertiary/aromatic N) is 1. The second-order valence-corrected chi connectivity index (χ2v) is 7.60. The van der Waals surface area contributed by atoms with Crippen LogP contribution in [0.15, 0.2) is 46.9 Å². The van der Waals surface area contributed by atoms with E-state index in [-0.39, 0.29) is 17.8 Å². The monoisotopic (exact) mass is 424 g/mol. The number of likely N-dealkylation sites (tertiary alicyclic amines) is 1. The third kappa shape index (κ3) is 5.03. The predicted molar refractivity (Wildman–Crippen MR) is 101 cm³/mol. The average Bonchev–Trinajstić information content (AvgIpc) is 2.58. The van der Waals surface area contributed by atoms with Crippen LogP contribution in [0.25, 0.3) is 0 Å². The molecule has 0 aliphatic carbocycles. The number of nitrogens with one attached hydrogen (secondary N) is 1. The van der Waals surface area contributed by atoms with E-state index in [2.05, 4.69) is 26.1 Å². The van der Waals surface area contributed by atoms with E-state index < -0.39 is 0 Å². The van der Waals surface area contributed by atoms with Crippen LogP contribution < -0.4 is 5.32 Å². The number of benzene rings is 2. The van der Waals surface area contributed by atoms with Gasteiger partial charge in [-0.05, 0) is 48.7 Å². The van der Waals surface area contributed by atoms with Gasteiger partial charge in [-0.25, -0.2) is 4.39 Å². The van der Waals surface area contributed by atoms with Gasteiger partial charge < -0.3 is 5.32 Å². The molecule has 25 heavy (non-hydrogen) atoms. The maximum Gasteiger partial charge on any atom is 0.253 e. The summed E-state index contributed by atoms with van der Waals surface area (Å²) in [5, 5.41) is 3.52. The Kier molecular flexibility index (Phi) is 6.10. The van der Waals surface area contributed by atoms with E-state index in [9.17, 15) is 9.18 Å². The lowest BCUT2D eigenvalue weighted by atomic mass is 10.0. The Bertz CT molecular complexity index is 746. The Hall–Kier alpha value is -1.43. The summed E-state index contributed by atoms with van der Waals surface area (Å²) in [5.74, 6) is -0.341. The highest BCUT2D eigenvalue weighted by Gasteiger charge is 2.22. The molecule has 1 aliphatic rings. The summed E-state index contributed by atoms with van der Waals surface area (Å²) in [7, 11) is 0. The van der Waals surface area contributed by atoms with Crippen molar-refractivity contribution in [3.63, 3.8) is 0 Å². The Morgan fingerprint density at radius 1 is 1.20 bits per heavy atom. The van der Waals surface area contributed by atoms with Gasteiger partial charge >= 0.3 is 0 Å². The molecule has 0 saturated carbocycles. The van der Waals surface area contributed by atoms with E-state index >= 15 is 0 Å². The van der Waals surface area contributed by atoms with Gasteiger partial charge in [-0.15, -0.1) is 0 Å².